The zero-order valence-corrected chi connectivity index (χ0v) is 12.5. The smallest absolute Gasteiger partial charge is 0.162 e. The lowest BCUT2D eigenvalue weighted by atomic mass is 9.98. The van der Waals surface area contributed by atoms with E-state index in [0.717, 1.165) is 36.4 Å². The molecular formula is C15H18ClN5. The average Bonchev–Trinajstić information content (AvgIpc) is 2.84. The minimum Gasteiger partial charge on any atom is -0.384 e. The second-order valence-corrected chi connectivity index (χ2v) is 5.64. The summed E-state index contributed by atoms with van der Waals surface area (Å²) in [5, 5.41) is 12.4. The molecule has 1 saturated heterocycles. The Kier molecular flexibility index (Phi) is 4.28. The van der Waals surface area contributed by atoms with Gasteiger partial charge in [0, 0.05) is 18.4 Å². The van der Waals surface area contributed by atoms with Crippen molar-refractivity contribution in [2.45, 2.75) is 19.4 Å². The zero-order chi connectivity index (χ0) is 14.7. The summed E-state index contributed by atoms with van der Waals surface area (Å²) in [6.07, 6.45) is 9.51. The van der Waals surface area contributed by atoms with Gasteiger partial charge in [0.1, 0.15) is 6.54 Å². The van der Waals surface area contributed by atoms with Crippen LogP contribution in [0.25, 0.3) is 11.0 Å². The van der Waals surface area contributed by atoms with E-state index in [1.165, 1.54) is 12.8 Å². The van der Waals surface area contributed by atoms with E-state index in [1.807, 2.05) is 6.07 Å². The first-order chi connectivity index (χ1) is 10.3. The van der Waals surface area contributed by atoms with Gasteiger partial charge >= 0.3 is 0 Å². The predicted molar refractivity (Wildman–Crippen MR) is 85.5 cm³/mol. The molecule has 0 atom stereocenters. The van der Waals surface area contributed by atoms with Gasteiger partial charge in [0.05, 0.1) is 5.39 Å². The summed E-state index contributed by atoms with van der Waals surface area (Å²) in [6, 6.07) is 1.94. The second-order valence-electron chi connectivity index (χ2n) is 5.28. The molecule has 110 valence electrons. The normalized spacial score (nSPS) is 16.0. The SMILES string of the molecule is C#CCn1nc(Cl)c2c(NCC3CCNCC3)ccnc21. The van der Waals surface area contributed by atoms with Gasteiger partial charge in [-0.15, -0.1) is 6.42 Å². The Morgan fingerprint density at radius 1 is 1.48 bits per heavy atom. The van der Waals surface area contributed by atoms with Crippen molar-refractivity contribution in [3.63, 3.8) is 0 Å². The third-order valence-electron chi connectivity index (χ3n) is 3.87. The topological polar surface area (TPSA) is 54.8 Å². The Labute approximate surface area is 129 Å². The first-order valence-corrected chi connectivity index (χ1v) is 7.56. The fourth-order valence-corrected chi connectivity index (χ4v) is 3.01. The summed E-state index contributed by atoms with van der Waals surface area (Å²) >= 11 is 6.25. The lowest BCUT2D eigenvalue weighted by molar-refractivity contribution is 0.390. The van der Waals surface area contributed by atoms with Gasteiger partial charge < -0.3 is 10.6 Å². The van der Waals surface area contributed by atoms with Crippen LogP contribution in [0.15, 0.2) is 12.3 Å². The number of terminal acetylenes is 1. The molecule has 3 heterocycles. The number of nitrogens with zero attached hydrogens (tertiary/aromatic N) is 3. The number of nitrogens with one attached hydrogen (secondary N) is 2. The van der Waals surface area contributed by atoms with Gasteiger partial charge in [-0.05, 0) is 37.9 Å². The molecule has 2 aromatic heterocycles. The summed E-state index contributed by atoms with van der Waals surface area (Å²) in [4.78, 5) is 4.35. The van der Waals surface area contributed by atoms with E-state index in [2.05, 4.69) is 26.6 Å². The van der Waals surface area contributed by atoms with Crippen molar-refractivity contribution >= 4 is 28.3 Å². The summed E-state index contributed by atoms with van der Waals surface area (Å²) in [7, 11) is 0. The molecule has 1 aliphatic heterocycles. The number of pyridine rings is 1. The Bertz CT molecular complexity index is 666. The van der Waals surface area contributed by atoms with Crippen molar-refractivity contribution in [3.05, 3.63) is 17.4 Å². The monoisotopic (exact) mass is 303 g/mol. The molecule has 21 heavy (non-hydrogen) atoms. The van der Waals surface area contributed by atoms with E-state index in [4.69, 9.17) is 18.0 Å². The average molecular weight is 304 g/mol. The van der Waals surface area contributed by atoms with E-state index in [9.17, 15) is 0 Å². The molecule has 0 spiro atoms. The van der Waals surface area contributed by atoms with Gasteiger partial charge in [0.25, 0.3) is 0 Å². The van der Waals surface area contributed by atoms with Crippen molar-refractivity contribution in [1.29, 1.82) is 0 Å². The van der Waals surface area contributed by atoms with Crippen LogP contribution < -0.4 is 10.6 Å². The highest BCUT2D eigenvalue weighted by atomic mass is 35.5. The predicted octanol–water partition coefficient (Wildman–Crippen LogP) is 2.13. The molecule has 2 aromatic rings. The summed E-state index contributed by atoms with van der Waals surface area (Å²) in [5.41, 5.74) is 1.71. The van der Waals surface area contributed by atoms with E-state index in [1.54, 1.807) is 10.9 Å². The van der Waals surface area contributed by atoms with Crippen molar-refractivity contribution in [3.8, 4) is 12.3 Å². The van der Waals surface area contributed by atoms with Crippen LogP contribution in [0.3, 0.4) is 0 Å². The number of hydrogen-bond acceptors (Lipinski definition) is 4. The molecule has 3 rings (SSSR count). The summed E-state index contributed by atoms with van der Waals surface area (Å²) < 4.78 is 1.66. The Hall–Kier alpha value is -1.77. The quantitative estimate of drug-likeness (QED) is 0.850. The van der Waals surface area contributed by atoms with Gasteiger partial charge in [0.15, 0.2) is 10.8 Å². The fourth-order valence-electron chi connectivity index (χ4n) is 2.74. The van der Waals surface area contributed by atoms with E-state index < -0.39 is 0 Å². The highest BCUT2D eigenvalue weighted by molar-refractivity contribution is 6.35. The summed E-state index contributed by atoms with van der Waals surface area (Å²) in [6.45, 7) is 3.50. The largest absolute Gasteiger partial charge is 0.384 e. The third-order valence-corrected chi connectivity index (χ3v) is 4.14. The number of fused-ring (bicyclic) bond motifs is 1. The van der Waals surface area contributed by atoms with Gasteiger partial charge in [-0.1, -0.05) is 17.5 Å². The number of hydrogen-bond donors (Lipinski definition) is 2. The number of rotatable bonds is 4. The standard InChI is InChI=1S/C15H18ClN5/c1-2-9-21-15-13(14(16)20-21)12(5-8-18-15)19-10-11-3-6-17-7-4-11/h1,5,8,11,17H,3-4,6-7,9-10H2,(H,18,19). The maximum Gasteiger partial charge on any atom is 0.162 e. The number of halogens is 1. The minimum atomic E-state index is 0.369. The van der Waals surface area contributed by atoms with Gasteiger partial charge in [0.2, 0.25) is 0 Å². The summed E-state index contributed by atoms with van der Waals surface area (Å²) in [5.74, 6) is 3.26. The van der Waals surface area contributed by atoms with Crippen LogP contribution in [0, 0.1) is 18.3 Å². The molecule has 5 nitrogen and oxygen atoms in total. The van der Waals surface area contributed by atoms with Crippen molar-refractivity contribution < 1.29 is 0 Å². The molecule has 0 aliphatic carbocycles. The molecular weight excluding hydrogens is 286 g/mol. The number of aromatic nitrogens is 3. The molecule has 2 N–H and O–H groups in total. The Balaban J connectivity index is 1.83. The lowest BCUT2D eigenvalue weighted by Crippen LogP contribution is -2.31. The van der Waals surface area contributed by atoms with Crippen molar-refractivity contribution in [2.75, 3.05) is 25.0 Å². The number of anilines is 1. The van der Waals surface area contributed by atoms with Crippen molar-refractivity contribution in [1.82, 2.24) is 20.1 Å². The third kappa shape index (κ3) is 2.97. The maximum absolute atomic E-state index is 6.25. The van der Waals surface area contributed by atoms with Crippen LogP contribution in [0.2, 0.25) is 5.15 Å². The molecule has 0 bridgehead atoms. The van der Waals surface area contributed by atoms with Crippen LogP contribution in [0.1, 0.15) is 12.8 Å². The van der Waals surface area contributed by atoms with E-state index in [0.29, 0.717) is 17.6 Å². The van der Waals surface area contributed by atoms with Crippen LogP contribution in [0.4, 0.5) is 5.69 Å². The maximum atomic E-state index is 6.25. The zero-order valence-electron chi connectivity index (χ0n) is 11.8. The van der Waals surface area contributed by atoms with Crippen LogP contribution in [0.5, 0.6) is 0 Å². The Morgan fingerprint density at radius 2 is 2.29 bits per heavy atom. The van der Waals surface area contributed by atoms with Crippen LogP contribution >= 0.6 is 11.6 Å². The van der Waals surface area contributed by atoms with Crippen LogP contribution in [-0.2, 0) is 6.54 Å². The second kappa shape index (κ2) is 6.33. The minimum absolute atomic E-state index is 0.369. The highest BCUT2D eigenvalue weighted by Crippen LogP contribution is 2.29. The molecule has 1 aliphatic rings. The first kappa shape index (κ1) is 14.2. The molecule has 0 unspecified atom stereocenters. The van der Waals surface area contributed by atoms with Gasteiger partial charge in [-0.2, -0.15) is 5.10 Å². The molecule has 0 radical (unpaired) electrons. The molecule has 0 aromatic carbocycles. The lowest BCUT2D eigenvalue weighted by Gasteiger charge is -2.23. The molecule has 6 heteroatoms. The van der Waals surface area contributed by atoms with Crippen LogP contribution in [-0.4, -0.2) is 34.4 Å². The fraction of sp³-hybridized carbons (Fsp3) is 0.467. The van der Waals surface area contributed by atoms with Gasteiger partial charge in [-0.25, -0.2) is 9.67 Å². The van der Waals surface area contributed by atoms with E-state index >= 15 is 0 Å². The highest BCUT2D eigenvalue weighted by Gasteiger charge is 2.16. The first-order valence-electron chi connectivity index (χ1n) is 7.18. The van der Waals surface area contributed by atoms with Crippen molar-refractivity contribution in [2.24, 2.45) is 5.92 Å². The van der Waals surface area contributed by atoms with Gasteiger partial charge in [-0.3, -0.25) is 0 Å². The Morgan fingerprint density at radius 3 is 3.05 bits per heavy atom. The molecule has 0 saturated carbocycles. The molecule has 1 fully saturated rings. The molecule has 0 amide bonds. The number of piperidine rings is 1. The van der Waals surface area contributed by atoms with E-state index in [-0.39, 0.29) is 0 Å².